The summed E-state index contributed by atoms with van der Waals surface area (Å²) in [4.78, 5) is 0. The molecule has 0 aromatic rings. The van der Waals surface area contributed by atoms with E-state index in [9.17, 15) is 5.26 Å². The average Bonchev–Trinajstić information content (AvgIpc) is 2.63. The molecule has 0 unspecified atom stereocenters. The van der Waals surface area contributed by atoms with Crippen molar-refractivity contribution in [3.63, 3.8) is 0 Å². The maximum Gasteiger partial charge on any atom is 0.0689 e. The van der Waals surface area contributed by atoms with Gasteiger partial charge in [-0.3, -0.25) is 0 Å². The topological polar surface area (TPSA) is 23.8 Å². The van der Waals surface area contributed by atoms with E-state index < -0.39 is 0 Å². The van der Waals surface area contributed by atoms with Crippen molar-refractivity contribution in [2.75, 3.05) is 0 Å². The second kappa shape index (κ2) is 10.3. The van der Waals surface area contributed by atoms with Gasteiger partial charge in [0.25, 0.3) is 0 Å². The number of hydrogen-bond donors (Lipinski definition) is 0. The summed E-state index contributed by atoms with van der Waals surface area (Å²) in [5.41, 5.74) is -0.00658. The van der Waals surface area contributed by atoms with E-state index in [4.69, 9.17) is 0 Å². The Morgan fingerprint density at radius 2 is 1.67 bits per heavy atom. The first-order chi connectivity index (χ1) is 11.7. The van der Waals surface area contributed by atoms with E-state index in [2.05, 4.69) is 32.1 Å². The lowest BCUT2D eigenvalue weighted by molar-refractivity contribution is 0.116. The molecule has 0 radical (unpaired) electrons. The van der Waals surface area contributed by atoms with Gasteiger partial charge in [0.15, 0.2) is 0 Å². The Kier molecular flexibility index (Phi) is 8.37. The molecule has 136 valence electrons. The predicted molar refractivity (Wildman–Crippen MR) is 104 cm³/mol. The molecule has 0 aliphatic heterocycles. The third-order valence-corrected chi connectivity index (χ3v) is 7.02. The minimum atomic E-state index is -0.00658. The fraction of sp³-hybridized carbons (Fsp3) is 0.870. The van der Waals surface area contributed by atoms with Crippen molar-refractivity contribution in [1.82, 2.24) is 0 Å². The number of allylic oxidation sites excluding steroid dienone is 2. The first kappa shape index (κ1) is 19.6. The average molecular weight is 330 g/mol. The highest BCUT2D eigenvalue weighted by Crippen LogP contribution is 2.47. The fourth-order valence-corrected chi connectivity index (χ4v) is 5.24. The Morgan fingerprint density at radius 1 is 1.00 bits per heavy atom. The Labute approximate surface area is 150 Å². The molecule has 2 aliphatic carbocycles. The third-order valence-electron chi connectivity index (χ3n) is 7.02. The molecular weight excluding hydrogens is 290 g/mol. The van der Waals surface area contributed by atoms with Gasteiger partial charge in [0.2, 0.25) is 0 Å². The van der Waals surface area contributed by atoms with Crippen molar-refractivity contribution >= 4 is 0 Å². The Balaban J connectivity index is 1.72. The first-order valence-electron chi connectivity index (χ1n) is 10.8. The van der Waals surface area contributed by atoms with E-state index in [1.165, 1.54) is 64.2 Å². The van der Waals surface area contributed by atoms with Crippen molar-refractivity contribution in [3.8, 4) is 6.07 Å². The molecular formula is C23H39N. The summed E-state index contributed by atoms with van der Waals surface area (Å²) < 4.78 is 0. The van der Waals surface area contributed by atoms with Gasteiger partial charge in [0, 0.05) is 0 Å². The highest BCUT2D eigenvalue weighted by Gasteiger charge is 2.38. The summed E-state index contributed by atoms with van der Waals surface area (Å²) in [6.07, 6.45) is 23.1. The van der Waals surface area contributed by atoms with Crippen molar-refractivity contribution < 1.29 is 0 Å². The lowest BCUT2D eigenvalue weighted by Crippen LogP contribution is -2.31. The summed E-state index contributed by atoms with van der Waals surface area (Å²) in [5.74, 6) is 2.92. The van der Waals surface area contributed by atoms with Gasteiger partial charge in [-0.05, 0) is 76.0 Å². The van der Waals surface area contributed by atoms with E-state index in [1.54, 1.807) is 0 Å². The molecule has 0 aromatic carbocycles. The molecule has 0 saturated heterocycles. The van der Waals surface area contributed by atoms with E-state index in [-0.39, 0.29) is 5.41 Å². The van der Waals surface area contributed by atoms with Crippen molar-refractivity contribution in [1.29, 1.82) is 5.26 Å². The van der Waals surface area contributed by atoms with Crippen LogP contribution in [-0.4, -0.2) is 0 Å². The van der Waals surface area contributed by atoms with Crippen LogP contribution in [0.5, 0.6) is 0 Å². The van der Waals surface area contributed by atoms with Gasteiger partial charge in [-0.15, -0.1) is 0 Å². The number of rotatable bonds is 8. The van der Waals surface area contributed by atoms with Crippen LogP contribution in [0.15, 0.2) is 12.2 Å². The summed E-state index contributed by atoms with van der Waals surface area (Å²) in [6, 6.07) is 2.70. The zero-order valence-corrected chi connectivity index (χ0v) is 16.2. The molecule has 0 N–H and O–H groups in total. The lowest BCUT2D eigenvalue weighted by Gasteiger charge is -2.40. The standard InChI is InChI=1S/C23H39N/c1-3-5-7-9-20-10-12-21(13-11-20)22-14-17-23(19-24,18-15-22)16-8-6-4-2/h4,6,20-22H,3,5,7-18H2,1-2H3. The Morgan fingerprint density at radius 3 is 2.25 bits per heavy atom. The van der Waals surface area contributed by atoms with Gasteiger partial charge in [-0.1, -0.05) is 57.6 Å². The van der Waals surface area contributed by atoms with E-state index in [0.29, 0.717) is 0 Å². The molecule has 2 aliphatic rings. The van der Waals surface area contributed by atoms with Crippen LogP contribution in [0.25, 0.3) is 0 Å². The number of unbranched alkanes of at least 4 members (excludes halogenated alkanes) is 2. The van der Waals surface area contributed by atoms with Crippen LogP contribution in [0.2, 0.25) is 0 Å². The molecule has 0 heterocycles. The van der Waals surface area contributed by atoms with Crippen LogP contribution >= 0.6 is 0 Å². The van der Waals surface area contributed by atoms with Crippen LogP contribution in [0, 0.1) is 34.5 Å². The molecule has 0 bridgehead atoms. The van der Waals surface area contributed by atoms with Crippen LogP contribution in [-0.2, 0) is 0 Å². The summed E-state index contributed by atoms with van der Waals surface area (Å²) in [6.45, 7) is 4.38. The molecule has 2 saturated carbocycles. The van der Waals surface area contributed by atoms with Gasteiger partial charge >= 0.3 is 0 Å². The number of nitrogens with zero attached hydrogens (tertiary/aromatic N) is 1. The normalized spacial score (nSPS) is 34.3. The van der Waals surface area contributed by atoms with Crippen LogP contribution < -0.4 is 0 Å². The van der Waals surface area contributed by atoms with E-state index in [0.717, 1.165) is 43.4 Å². The Bertz CT molecular complexity index is 400. The van der Waals surface area contributed by atoms with Gasteiger partial charge < -0.3 is 0 Å². The molecule has 0 aromatic heterocycles. The second-order valence-electron chi connectivity index (χ2n) is 8.61. The molecule has 1 heteroatoms. The van der Waals surface area contributed by atoms with Crippen molar-refractivity contribution in [2.45, 2.75) is 104 Å². The minimum Gasteiger partial charge on any atom is -0.198 e. The zero-order valence-electron chi connectivity index (χ0n) is 16.2. The molecule has 2 rings (SSSR count). The fourth-order valence-electron chi connectivity index (χ4n) is 5.24. The molecule has 0 atom stereocenters. The SMILES string of the molecule is CC=CCCC1(C#N)CCC(C2CCC(CCCCC)CC2)CC1. The van der Waals surface area contributed by atoms with E-state index in [1.807, 2.05) is 0 Å². The second-order valence-corrected chi connectivity index (χ2v) is 8.61. The highest BCUT2D eigenvalue weighted by molar-refractivity contribution is 5.03. The maximum absolute atomic E-state index is 9.70. The van der Waals surface area contributed by atoms with Gasteiger partial charge in [-0.25, -0.2) is 0 Å². The first-order valence-corrected chi connectivity index (χ1v) is 10.8. The molecule has 2 fully saturated rings. The van der Waals surface area contributed by atoms with Crippen LogP contribution in [0.4, 0.5) is 0 Å². The molecule has 24 heavy (non-hydrogen) atoms. The van der Waals surface area contributed by atoms with Gasteiger partial charge in [0.1, 0.15) is 0 Å². The number of nitriles is 1. The minimum absolute atomic E-state index is 0.00658. The molecule has 0 amide bonds. The lowest BCUT2D eigenvalue weighted by atomic mass is 9.63. The molecule has 0 spiro atoms. The van der Waals surface area contributed by atoms with Crippen LogP contribution in [0.1, 0.15) is 104 Å². The monoisotopic (exact) mass is 329 g/mol. The van der Waals surface area contributed by atoms with Gasteiger partial charge in [-0.2, -0.15) is 5.26 Å². The maximum atomic E-state index is 9.70. The summed E-state index contributed by atoms with van der Waals surface area (Å²) in [7, 11) is 0. The smallest absolute Gasteiger partial charge is 0.0689 e. The van der Waals surface area contributed by atoms with E-state index >= 15 is 0 Å². The Hall–Kier alpha value is -0.770. The van der Waals surface area contributed by atoms with Crippen LogP contribution in [0.3, 0.4) is 0 Å². The third kappa shape index (κ3) is 5.65. The highest BCUT2D eigenvalue weighted by atomic mass is 14.4. The zero-order chi connectivity index (χ0) is 17.3. The molecule has 1 nitrogen and oxygen atoms in total. The predicted octanol–water partition coefficient (Wildman–Crippen LogP) is 7.43. The van der Waals surface area contributed by atoms with Crippen molar-refractivity contribution in [3.05, 3.63) is 12.2 Å². The summed E-state index contributed by atoms with van der Waals surface area (Å²) >= 11 is 0. The van der Waals surface area contributed by atoms with Gasteiger partial charge in [0.05, 0.1) is 11.5 Å². The summed E-state index contributed by atoms with van der Waals surface area (Å²) in [5, 5.41) is 9.70. The quantitative estimate of drug-likeness (QED) is 0.335. The number of hydrogen-bond acceptors (Lipinski definition) is 1. The van der Waals surface area contributed by atoms with Crippen molar-refractivity contribution in [2.24, 2.45) is 23.2 Å². The largest absolute Gasteiger partial charge is 0.198 e.